The van der Waals surface area contributed by atoms with E-state index in [-0.39, 0.29) is 5.91 Å². The number of ether oxygens (including phenoxy) is 3. The van der Waals surface area contributed by atoms with Crippen LogP contribution in [0.25, 0.3) is 16.9 Å². The number of thiazole rings is 1. The highest BCUT2D eigenvalue weighted by molar-refractivity contribution is 7.14. The van der Waals surface area contributed by atoms with Gasteiger partial charge in [0.05, 0.1) is 18.5 Å². The number of carbonyl (C=O) groups excluding carboxylic acids is 1. The lowest BCUT2D eigenvalue weighted by atomic mass is 10.1. The summed E-state index contributed by atoms with van der Waals surface area (Å²) in [7, 11) is 1.58. The van der Waals surface area contributed by atoms with Gasteiger partial charge < -0.3 is 14.2 Å². The molecule has 5 rings (SSSR count). The van der Waals surface area contributed by atoms with Gasteiger partial charge in [-0.1, -0.05) is 0 Å². The molecule has 0 atom stereocenters. The quantitative estimate of drug-likeness (QED) is 0.538. The Morgan fingerprint density at radius 2 is 2.03 bits per heavy atom. The molecule has 0 aliphatic carbocycles. The lowest BCUT2D eigenvalue weighted by molar-refractivity contribution is 0.102. The SMILES string of the molecule is COc1cccn2c(C(=O)Nc3nc(-c4ccc5c(c4)OCCO5)cs3)c(C)nc12. The van der Waals surface area contributed by atoms with E-state index in [2.05, 4.69) is 15.3 Å². The van der Waals surface area contributed by atoms with Crippen molar-refractivity contribution < 1.29 is 19.0 Å². The van der Waals surface area contributed by atoms with E-state index in [1.807, 2.05) is 35.7 Å². The van der Waals surface area contributed by atoms with Gasteiger partial charge in [-0.25, -0.2) is 9.97 Å². The normalized spacial score (nSPS) is 12.7. The summed E-state index contributed by atoms with van der Waals surface area (Å²) in [5.74, 6) is 1.76. The number of aryl methyl sites for hydroxylation is 1. The molecule has 1 aromatic carbocycles. The molecule has 0 spiro atoms. The number of nitrogens with one attached hydrogen (secondary N) is 1. The van der Waals surface area contributed by atoms with E-state index in [1.54, 1.807) is 24.6 Å². The maximum atomic E-state index is 13.0. The van der Waals surface area contributed by atoms with Crippen LogP contribution < -0.4 is 19.5 Å². The highest BCUT2D eigenvalue weighted by Crippen LogP contribution is 2.35. The molecule has 9 heteroatoms. The van der Waals surface area contributed by atoms with Crippen molar-refractivity contribution in [2.75, 3.05) is 25.6 Å². The summed E-state index contributed by atoms with van der Waals surface area (Å²) >= 11 is 1.36. The smallest absolute Gasteiger partial charge is 0.276 e. The van der Waals surface area contributed by atoms with Crippen molar-refractivity contribution in [3.63, 3.8) is 0 Å². The fourth-order valence-corrected chi connectivity index (χ4v) is 4.13. The largest absolute Gasteiger partial charge is 0.493 e. The number of methoxy groups -OCH3 is 1. The monoisotopic (exact) mass is 422 g/mol. The number of rotatable bonds is 4. The Kier molecular flexibility index (Phi) is 4.51. The molecule has 1 N–H and O–H groups in total. The fraction of sp³-hybridized carbons (Fsp3) is 0.190. The molecule has 1 aliphatic heterocycles. The van der Waals surface area contributed by atoms with Crippen molar-refractivity contribution in [3.8, 4) is 28.5 Å². The first kappa shape index (κ1) is 18.4. The van der Waals surface area contributed by atoms with Gasteiger partial charge in [0, 0.05) is 17.1 Å². The minimum atomic E-state index is -0.281. The van der Waals surface area contributed by atoms with Gasteiger partial charge in [-0.15, -0.1) is 11.3 Å². The van der Waals surface area contributed by atoms with Crippen molar-refractivity contribution in [1.29, 1.82) is 0 Å². The Bertz CT molecular complexity index is 1260. The lowest BCUT2D eigenvalue weighted by Gasteiger charge is -2.18. The molecule has 4 aromatic rings. The highest BCUT2D eigenvalue weighted by Gasteiger charge is 2.20. The highest BCUT2D eigenvalue weighted by atomic mass is 32.1. The van der Waals surface area contributed by atoms with Gasteiger partial charge in [0.1, 0.15) is 18.9 Å². The van der Waals surface area contributed by atoms with Crippen LogP contribution in [0.1, 0.15) is 16.2 Å². The molecule has 4 heterocycles. The van der Waals surface area contributed by atoms with E-state index in [0.29, 0.717) is 46.9 Å². The van der Waals surface area contributed by atoms with Gasteiger partial charge in [-0.2, -0.15) is 0 Å². The summed E-state index contributed by atoms with van der Waals surface area (Å²) in [5, 5.41) is 5.27. The summed E-state index contributed by atoms with van der Waals surface area (Å²) in [6.07, 6.45) is 1.79. The Morgan fingerprint density at radius 1 is 1.20 bits per heavy atom. The molecule has 30 heavy (non-hydrogen) atoms. The van der Waals surface area contributed by atoms with Crippen LogP contribution in [0.4, 0.5) is 5.13 Å². The standard InChI is InChI=1S/C21H18N4O4S/c1-12-18(25-7-3-4-16(27-2)19(25)22-12)20(26)24-21-23-14(11-30-21)13-5-6-15-17(10-13)29-9-8-28-15/h3-7,10-11H,8-9H2,1-2H3,(H,23,24,26). The molecule has 0 saturated carbocycles. The zero-order chi connectivity index (χ0) is 20.7. The van der Waals surface area contributed by atoms with Crippen LogP contribution in [-0.4, -0.2) is 40.6 Å². The summed E-state index contributed by atoms with van der Waals surface area (Å²) in [6.45, 7) is 2.87. The minimum absolute atomic E-state index is 0.281. The van der Waals surface area contributed by atoms with Crippen LogP contribution in [-0.2, 0) is 0 Å². The minimum Gasteiger partial charge on any atom is -0.493 e. The number of amides is 1. The second-order valence-corrected chi connectivity index (χ2v) is 7.52. The molecule has 8 nitrogen and oxygen atoms in total. The topological polar surface area (TPSA) is 87.0 Å². The zero-order valence-corrected chi connectivity index (χ0v) is 17.2. The van der Waals surface area contributed by atoms with Crippen LogP contribution >= 0.6 is 11.3 Å². The number of nitrogens with zero attached hydrogens (tertiary/aromatic N) is 3. The van der Waals surface area contributed by atoms with E-state index in [1.165, 1.54) is 11.3 Å². The van der Waals surface area contributed by atoms with Crippen LogP contribution in [0.15, 0.2) is 41.9 Å². The third kappa shape index (κ3) is 3.13. The van der Waals surface area contributed by atoms with E-state index >= 15 is 0 Å². The summed E-state index contributed by atoms with van der Waals surface area (Å²) in [6, 6.07) is 9.32. The lowest BCUT2D eigenvalue weighted by Crippen LogP contribution is -2.15. The molecule has 0 radical (unpaired) electrons. The maximum absolute atomic E-state index is 13.0. The van der Waals surface area contributed by atoms with Crippen LogP contribution in [0, 0.1) is 6.92 Å². The average Bonchev–Trinajstić information content (AvgIpc) is 3.36. The molecule has 152 valence electrons. The van der Waals surface area contributed by atoms with Crippen molar-refractivity contribution in [3.05, 3.63) is 53.3 Å². The molecular weight excluding hydrogens is 404 g/mol. The van der Waals surface area contributed by atoms with E-state index in [4.69, 9.17) is 14.2 Å². The van der Waals surface area contributed by atoms with Crippen molar-refractivity contribution in [1.82, 2.24) is 14.4 Å². The average molecular weight is 422 g/mol. The van der Waals surface area contributed by atoms with Crippen LogP contribution in [0.3, 0.4) is 0 Å². The molecule has 1 aliphatic rings. The van der Waals surface area contributed by atoms with Gasteiger partial charge in [-0.05, 0) is 37.3 Å². The van der Waals surface area contributed by atoms with Crippen LogP contribution in [0.2, 0.25) is 0 Å². The van der Waals surface area contributed by atoms with Crippen molar-refractivity contribution in [2.45, 2.75) is 6.92 Å². The van der Waals surface area contributed by atoms with Crippen LogP contribution in [0.5, 0.6) is 17.2 Å². The predicted octanol–water partition coefficient (Wildman–Crippen LogP) is 3.80. The summed E-state index contributed by atoms with van der Waals surface area (Å²) < 4.78 is 18.3. The van der Waals surface area contributed by atoms with Gasteiger partial charge in [-0.3, -0.25) is 14.5 Å². The summed E-state index contributed by atoms with van der Waals surface area (Å²) in [5.41, 5.74) is 3.30. The maximum Gasteiger partial charge on any atom is 0.276 e. The Hall–Kier alpha value is -3.59. The van der Waals surface area contributed by atoms with E-state index in [0.717, 1.165) is 17.0 Å². The first-order chi connectivity index (χ1) is 14.6. The first-order valence-electron chi connectivity index (χ1n) is 9.32. The number of anilines is 1. The second kappa shape index (κ2) is 7.34. The van der Waals surface area contributed by atoms with Gasteiger partial charge in [0.15, 0.2) is 28.0 Å². The van der Waals surface area contributed by atoms with E-state index in [9.17, 15) is 4.79 Å². The van der Waals surface area contributed by atoms with Crippen molar-refractivity contribution >= 4 is 28.0 Å². The number of aromatic nitrogens is 3. The number of pyridine rings is 1. The Morgan fingerprint density at radius 3 is 2.87 bits per heavy atom. The molecule has 0 bridgehead atoms. The number of hydrogen-bond acceptors (Lipinski definition) is 7. The number of hydrogen-bond donors (Lipinski definition) is 1. The third-order valence-corrected chi connectivity index (χ3v) is 5.54. The van der Waals surface area contributed by atoms with Gasteiger partial charge in [0.2, 0.25) is 0 Å². The first-order valence-corrected chi connectivity index (χ1v) is 10.2. The number of fused-ring (bicyclic) bond motifs is 2. The molecule has 0 saturated heterocycles. The molecule has 3 aromatic heterocycles. The second-order valence-electron chi connectivity index (χ2n) is 6.67. The van der Waals surface area contributed by atoms with Crippen molar-refractivity contribution in [2.24, 2.45) is 0 Å². The Balaban J connectivity index is 1.41. The summed E-state index contributed by atoms with van der Waals surface area (Å²) in [4.78, 5) is 22.0. The molecule has 0 unspecified atom stereocenters. The zero-order valence-electron chi connectivity index (χ0n) is 16.3. The predicted molar refractivity (Wildman–Crippen MR) is 113 cm³/mol. The number of imidazole rings is 1. The van der Waals surface area contributed by atoms with E-state index < -0.39 is 0 Å². The number of benzene rings is 1. The Labute approximate surface area is 176 Å². The number of carbonyl (C=O) groups is 1. The van der Waals surface area contributed by atoms with Gasteiger partial charge >= 0.3 is 0 Å². The third-order valence-electron chi connectivity index (χ3n) is 4.79. The molecule has 0 fully saturated rings. The fourth-order valence-electron chi connectivity index (χ4n) is 3.41. The van der Waals surface area contributed by atoms with Gasteiger partial charge in [0.25, 0.3) is 5.91 Å². The molecular formula is C21H18N4O4S. The molecule has 1 amide bonds.